The molecular weight excluding hydrogens is 472 g/mol. The third-order valence-corrected chi connectivity index (χ3v) is 7.69. The van der Waals surface area contributed by atoms with Gasteiger partial charge >= 0.3 is 5.97 Å². The van der Waals surface area contributed by atoms with Crippen molar-refractivity contribution in [3.8, 4) is 11.5 Å². The van der Waals surface area contributed by atoms with Crippen LogP contribution in [0.1, 0.15) is 22.8 Å². The first-order valence-corrected chi connectivity index (χ1v) is 12.4. The molecule has 0 fully saturated rings. The number of amides is 1. The second kappa shape index (κ2) is 8.95. The van der Waals surface area contributed by atoms with Crippen molar-refractivity contribution in [1.82, 2.24) is 0 Å². The van der Waals surface area contributed by atoms with Crippen LogP contribution in [0.4, 0.5) is 11.4 Å². The van der Waals surface area contributed by atoms with Crippen molar-refractivity contribution in [1.29, 1.82) is 0 Å². The van der Waals surface area contributed by atoms with E-state index < -0.39 is 28.5 Å². The Bertz CT molecular complexity index is 1420. The van der Waals surface area contributed by atoms with Crippen molar-refractivity contribution < 1.29 is 32.2 Å². The zero-order valence-electron chi connectivity index (χ0n) is 18.8. The first-order valence-electron chi connectivity index (χ1n) is 10.9. The molecule has 0 bridgehead atoms. The van der Waals surface area contributed by atoms with Gasteiger partial charge in [0.15, 0.2) is 18.1 Å². The zero-order chi connectivity index (χ0) is 24.6. The summed E-state index contributed by atoms with van der Waals surface area (Å²) in [5.74, 6) is -0.273. The molecule has 3 aromatic carbocycles. The van der Waals surface area contributed by atoms with Gasteiger partial charge < -0.3 is 19.5 Å². The van der Waals surface area contributed by atoms with Crippen LogP contribution in [0.5, 0.6) is 11.5 Å². The first-order chi connectivity index (χ1) is 16.8. The molecule has 0 aromatic heterocycles. The van der Waals surface area contributed by atoms with Crippen LogP contribution in [0, 0.1) is 0 Å². The Morgan fingerprint density at radius 2 is 1.83 bits per heavy atom. The Kier molecular flexibility index (Phi) is 5.81. The maximum absolute atomic E-state index is 13.4. The summed E-state index contributed by atoms with van der Waals surface area (Å²) in [5.41, 5.74) is 2.08. The smallest absolute Gasteiger partial charge is 0.338 e. The molecule has 3 aromatic rings. The number of nitrogens with one attached hydrogen (secondary N) is 1. The molecule has 0 aliphatic carbocycles. The Hall–Kier alpha value is -4.05. The highest BCUT2D eigenvalue weighted by atomic mass is 32.2. The van der Waals surface area contributed by atoms with Crippen LogP contribution < -0.4 is 19.1 Å². The molecule has 1 amide bonds. The topological polar surface area (TPSA) is 111 Å². The summed E-state index contributed by atoms with van der Waals surface area (Å²) in [7, 11) is -3.91. The highest BCUT2D eigenvalue weighted by molar-refractivity contribution is 7.92. The van der Waals surface area contributed by atoms with Crippen LogP contribution in [0.3, 0.4) is 0 Å². The van der Waals surface area contributed by atoms with Gasteiger partial charge in [0.25, 0.3) is 15.9 Å². The van der Waals surface area contributed by atoms with Crippen molar-refractivity contribution in [3.05, 3.63) is 77.9 Å². The number of esters is 1. The number of fused-ring (bicyclic) bond motifs is 2. The molecule has 0 saturated carbocycles. The fourth-order valence-corrected chi connectivity index (χ4v) is 5.93. The van der Waals surface area contributed by atoms with E-state index >= 15 is 0 Å². The minimum atomic E-state index is -3.91. The second-order valence-corrected chi connectivity index (χ2v) is 10.0. The third kappa shape index (κ3) is 4.40. The zero-order valence-corrected chi connectivity index (χ0v) is 19.6. The van der Waals surface area contributed by atoms with Crippen LogP contribution in [-0.2, 0) is 26.0 Å². The van der Waals surface area contributed by atoms with Crippen molar-refractivity contribution in [2.45, 2.75) is 24.3 Å². The van der Waals surface area contributed by atoms with E-state index in [0.717, 1.165) is 5.56 Å². The molecule has 2 heterocycles. The Morgan fingerprint density at radius 1 is 1.03 bits per heavy atom. The number of carbonyl (C=O) groups excluding carboxylic acids is 2. The van der Waals surface area contributed by atoms with Gasteiger partial charge in [-0.3, -0.25) is 9.10 Å². The maximum Gasteiger partial charge on any atom is 0.338 e. The van der Waals surface area contributed by atoms with Gasteiger partial charge in [-0.15, -0.1) is 0 Å². The maximum atomic E-state index is 13.4. The monoisotopic (exact) mass is 494 g/mol. The van der Waals surface area contributed by atoms with E-state index in [9.17, 15) is 18.0 Å². The quantitative estimate of drug-likeness (QED) is 0.523. The summed E-state index contributed by atoms with van der Waals surface area (Å²) in [6.45, 7) is 1.41. The van der Waals surface area contributed by atoms with Crippen molar-refractivity contribution in [2.24, 2.45) is 0 Å². The molecule has 9 nitrogen and oxygen atoms in total. The normalized spacial score (nSPS) is 16.0. The van der Waals surface area contributed by atoms with E-state index in [1.165, 1.54) is 28.6 Å². The van der Waals surface area contributed by atoms with Crippen molar-refractivity contribution in [3.63, 3.8) is 0 Å². The summed E-state index contributed by atoms with van der Waals surface area (Å²) in [6, 6.07) is 17.6. The Morgan fingerprint density at radius 3 is 2.69 bits per heavy atom. The number of hydrogen-bond acceptors (Lipinski definition) is 7. The fraction of sp³-hybridized carbons (Fsp3) is 0.200. The Labute approximate surface area is 202 Å². The number of sulfonamides is 1. The van der Waals surface area contributed by atoms with E-state index in [1.54, 1.807) is 30.3 Å². The van der Waals surface area contributed by atoms with E-state index in [1.807, 2.05) is 19.1 Å². The number of hydrogen-bond donors (Lipinski definition) is 1. The predicted molar refractivity (Wildman–Crippen MR) is 127 cm³/mol. The highest BCUT2D eigenvalue weighted by Crippen LogP contribution is 2.37. The molecular formula is C25H22N2O7S. The highest BCUT2D eigenvalue weighted by Gasteiger charge is 2.36. The number of para-hydroxylation sites is 1. The van der Waals surface area contributed by atoms with Gasteiger partial charge in [-0.2, -0.15) is 0 Å². The summed E-state index contributed by atoms with van der Waals surface area (Å²) in [4.78, 5) is 24.8. The number of carbonyl (C=O) groups is 2. The lowest BCUT2D eigenvalue weighted by Crippen LogP contribution is -2.35. The van der Waals surface area contributed by atoms with Gasteiger partial charge in [-0.05, 0) is 55.3 Å². The van der Waals surface area contributed by atoms with Crippen molar-refractivity contribution >= 4 is 33.3 Å². The lowest BCUT2D eigenvalue weighted by molar-refractivity contribution is -0.119. The minimum Gasteiger partial charge on any atom is -0.454 e. The molecule has 1 atom stereocenters. The summed E-state index contributed by atoms with van der Waals surface area (Å²) >= 11 is 0. The molecule has 2 aliphatic heterocycles. The average molecular weight is 495 g/mol. The number of ether oxygens (including phenoxy) is 3. The molecule has 0 unspecified atom stereocenters. The van der Waals surface area contributed by atoms with Gasteiger partial charge in [0.05, 0.1) is 16.1 Å². The van der Waals surface area contributed by atoms with Gasteiger partial charge in [-0.1, -0.05) is 24.3 Å². The lowest BCUT2D eigenvalue weighted by Gasteiger charge is -2.24. The Balaban J connectivity index is 1.26. The standard InChI is InChI=1S/C25H22N2O7S/c1-16-11-17-5-2-3-8-21(17)27(16)35(30,31)20-7-4-6-18(12-20)25(29)32-14-24(28)26-19-9-10-22-23(13-19)34-15-33-22/h2-10,12-13,16H,11,14-15H2,1H3,(H,26,28)/t16-/m0/s1. The van der Waals surface area contributed by atoms with Crippen LogP contribution >= 0.6 is 0 Å². The molecule has 10 heteroatoms. The summed E-state index contributed by atoms with van der Waals surface area (Å²) in [5, 5.41) is 2.61. The molecule has 180 valence electrons. The van der Waals surface area contributed by atoms with Crippen LogP contribution in [0.2, 0.25) is 0 Å². The number of nitrogens with zero attached hydrogens (tertiary/aromatic N) is 1. The van der Waals surface area contributed by atoms with Crippen LogP contribution in [0.25, 0.3) is 0 Å². The summed E-state index contributed by atoms with van der Waals surface area (Å²) in [6.07, 6.45) is 0.607. The predicted octanol–water partition coefficient (Wildman–Crippen LogP) is 3.35. The van der Waals surface area contributed by atoms with Gasteiger partial charge in [-0.25, -0.2) is 13.2 Å². The van der Waals surface area contributed by atoms with Crippen molar-refractivity contribution in [2.75, 3.05) is 23.0 Å². The van der Waals surface area contributed by atoms with Gasteiger partial charge in [0, 0.05) is 17.8 Å². The molecule has 0 spiro atoms. The molecule has 1 N–H and O–H groups in total. The molecule has 35 heavy (non-hydrogen) atoms. The number of anilines is 2. The SMILES string of the molecule is C[C@H]1Cc2ccccc2N1S(=O)(=O)c1cccc(C(=O)OCC(=O)Nc2ccc3c(c2)OCO3)c1. The molecule has 2 aliphatic rings. The van der Waals surface area contributed by atoms with Crippen LogP contribution in [0.15, 0.2) is 71.6 Å². The number of rotatable bonds is 6. The average Bonchev–Trinajstić information content (AvgIpc) is 3.45. The summed E-state index contributed by atoms with van der Waals surface area (Å²) < 4.78 is 43.8. The van der Waals surface area contributed by atoms with E-state index in [4.69, 9.17) is 14.2 Å². The minimum absolute atomic E-state index is 0.0275. The van der Waals surface area contributed by atoms with E-state index in [0.29, 0.717) is 29.3 Å². The lowest BCUT2D eigenvalue weighted by atomic mass is 10.1. The molecule has 0 saturated heterocycles. The van der Waals surface area contributed by atoms with Gasteiger partial charge in [0.2, 0.25) is 6.79 Å². The molecule has 5 rings (SSSR count). The second-order valence-electron chi connectivity index (χ2n) is 8.20. The van der Waals surface area contributed by atoms with E-state index in [2.05, 4.69) is 5.32 Å². The third-order valence-electron chi connectivity index (χ3n) is 5.76. The number of benzene rings is 3. The fourth-order valence-electron chi connectivity index (χ4n) is 4.19. The van der Waals surface area contributed by atoms with Gasteiger partial charge in [0.1, 0.15) is 0 Å². The molecule has 0 radical (unpaired) electrons. The first kappa shape index (κ1) is 22.7. The largest absolute Gasteiger partial charge is 0.454 e. The van der Waals surface area contributed by atoms with E-state index in [-0.39, 0.29) is 23.3 Å². The van der Waals surface area contributed by atoms with Crippen LogP contribution in [-0.4, -0.2) is 39.7 Å².